The second-order valence-corrected chi connectivity index (χ2v) is 6.60. The molecule has 1 aromatic heterocycles. The summed E-state index contributed by atoms with van der Waals surface area (Å²) in [6.07, 6.45) is 5.64. The van der Waals surface area contributed by atoms with Gasteiger partial charge in [-0.3, -0.25) is 19.1 Å². The second kappa shape index (κ2) is 7.48. The van der Waals surface area contributed by atoms with Crippen molar-refractivity contribution in [1.82, 2.24) is 14.9 Å². The highest BCUT2D eigenvalue weighted by molar-refractivity contribution is 5.96. The van der Waals surface area contributed by atoms with Crippen molar-refractivity contribution < 1.29 is 9.90 Å². The Bertz CT molecular complexity index is 669. The summed E-state index contributed by atoms with van der Waals surface area (Å²) in [7, 11) is 0. The molecule has 3 N–H and O–H groups in total. The molecule has 128 valence electrons. The van der Waals surface area contributed by atoms with Gasteiger partial charge in [0.2, 0.25) is 5.88 Å². The van der Waals surface area contributed by atoms with E-state index in [0.717, 1.165) is 36.7 Å². The zero-order chi connectivity index (χ0) is 17.0. The topological polar surface area (TPSA) is 104 Å². The normalized spacial score (nSPS) is 15.8. The number of aromatic nitrogens is 2. The number of nitrogens with one attached hydrogen (secondary N) is 2. The van der Waals surface area contributed by atoms with Gasteiger partial charge in [-0.25, -0.2) is 4.79 Å². The van der Waals surface area contributed by atoms with Gasteiger partial charge in [-0.15, -0.1) is 0 Å². The molecule has 7 nitrogen and oxygen atoms in total. The third-order valence-electron chi connectivity index (χ3n) is 4.27. The standard InChI is InChI=1S/C16H25N3O4/c1-10(2)8-9-19-15(22)12(14(21)18-16(19)23)13(20)17-11-6-4-3-5-7-11/h10-11,22H,3-9H2,1-2H3,(H,17,20)(H,18,21,23). The smallest absolute Gasteiger partial charge is 0.331 e. The molecule has 0 atom stereocenters. The summed E-state index contributed by atoms with van der Waals surface area (Å²) in [5.74, 6) is -0.839. The van der Waals surface area contributed by atoms with E-state index >= 15 is 0 Å². The average molecular weight is 323 g/mol. The van der Waals surface area contributed by atoms with E-state index in [2.05, 4.69) is 10.3 Å². The quantitative estimate of drug-likeness (QED) is 0.761. The number of H-pyrrole nitrogens is 1. The van der Waals surface area contributed by atoms with E-state index in [4.69, 9.17) is 0 Å². The van der Waals surface area contributed by atoms with Crippen LogP contribution in [0.2, 0.25) is 0 Å². The third kappa shape index (κ3) is 4.24. The Morgan fingerprint density at radius 2 is 1.96 bits per heavy atom. The zero-order valence-corrected chi connectivity index (χ0v) is 13.7. The lowest BCUT2D eigenvalue weighted by Crippen LogP contribution is -2.41. The van der Waals surface area contributed by atoms with E-state index < -0.39 is 23.0 Å². The lowest BCUT2D eigenvalue weighted by molar-refractivity contribution is 0.0921. The van der Waals surface area contributed by atoms with Gasteiger partial charge in [-0.2, -0.15) is 0 Å². The fourth-order valence-corrected chi connectivity index (χ4v) is 2.86. The molecule has 1 amide bonds. The Morgan fingerprint density at radius 1 is 1.30 bits per heavy atom. The molecule has 2 rings (SSSR count). The fourth-order valence-electron chi connectivity index (χ4n) is 2.86. The van der Waals surface area contributed by atoms with Crippen LogP contribution >= 0.6 is 0 Å². The van der Waals surface area contributed by atoms with Gasteiger partial charge in [0, 0.05) is 12.6 Å². The molecular formula is C16H25N3O4. The summed E-state index contributed by atoms with van der Waals surface area (Å²) in [6.45, 7) is 4.23. The van der Waals surface area contributed by atoms with Crippen molar-refractivity contribution in [3.05, 3.63) is 26.4 Å². The van der Waals surface area contributed by atoms with Crippen LogP contribution in [-0.2, 0) is 6.54 Å². The predicted octanol–water partition coefficient (Wildman–Crippen LogP) is 1.35. The van der Waals surface area contributed by atoms with Gasteiger partial charge in [0.25, 0.3) is 11.5 Å². The lowest BCUT2D eigenvalue weighted by Gasteiger charge is -2.23. The summed E-state index contributed by atoms with van der Waals surface area (Å²) >= 11 is 0. The lowest BCUT2D eigenvalue weighted by atomic mass is 9.95. The third-order valence-corrected chi connectivity index (χ3v) is 4.27. The highest BCUT2D eigenvalue weighted by atomic mass is 16.3. The maximum atomic E-state index is 12.3. The number of carbonyl (C=O) groups is 1. The minimum absolute atomic E-state index is 0.0195. The first-order valence-electron chi connectivity index (χ1n) is 8.27. The predicted molar refractivity (Wildman–Crippen MR) is 86.8 cm³/mol. The van der Waals surface area contributed by atoms with Crippen molar-refractivity contribution in [3.8, 4) is 5.88 Å². The van der Waals surface area contributed by atoms with Crippen LogP contribution in [-0.4, -0.2) is 26.6 Å². The van der Waals surface area contributed by atoms with E-state index in [1.807, 2.05) is 13.8 Å². The minimum Gasteiger partial charge on any atom is -0.494 e. The molecule has 0 spiro atoms. The summed E-state index contributed by atoms with van der Waals surface area (Å²) < 4.78 is 1.05. The number of carbonyl (C=O) groups excluding carboxylic acids is 1. The molecule has 0 aliphatic heterocycles. The first-order chi connectivity index (χ1) is 10.9. The first-order valence-corrected chi connectivity index (χ1v) is 8.27. The van der Waals surface area contributed by atoms with Gasteiger partial charge in [0.15, 0.2) is 5.56 Å². The largest absolute Gasteiger partial charge is 0.494 e. The Kier molecular flexibility index (Phi) is 5.63. The molecule has 23 heavy (non-hydrogen) atoms. The van der Waals surface area contributed by atoms with Gasteiger partial charge in [-0.05, 0) is 25.2 Å². The fraction of sp³-hybridized carbons (Fsp3) is 0.688. The number of hydrogen-bond donors (Lipinski definition) is 3. The van der Waals surface area contributed by atoms with Crippen molar-refractivity contribution in [2.75, 3.05) is 0 Å². The zero-order valence-electron chi connectivity index (χ0n) is 13.7. The number of amides is 1. The van der Waals surface area contributed by atoms with Gasteiger partial charge < -0.3 is 10.4 Å². The maximum absolute atomic E-state index is 12.3. The van der Waals surface area contributed by atoms with Crippen LogP contribution in [0.15, 0.2) is 9.59 Å². The minimum atomic E-state index is -0.846. The summed E-state index contributed by atoms with van der Waals surface area (Å²) in [5, 5.41) is 13.0. The molecule has 1 saturated carbocycles. The Morgan fingerprint density at radius 3 is 2.57 bits per heavy atom. The maximum Gasteiger partial charge on any atom is 0.331 e. The SMILES string of the molecule is CC(C)CCn1c(O)c(C(=O)NC2CCCCC2)c(=O)[nH]c1=O. The number of rotatable bonds is 5. The molecule has 0 radical (unpaired) electrons. The second-order valence-electron chi connectivity index (χ2n) is 6.60. The van der Waals surface area contributed by atoms with E-state index in [9.17, 15) is 19.5 Å². The van der Waals surface area contributed by atoms with Gasteiger partial charge in [0.05, 0.1) is 0 Å². The Balaban J connectivity index is 2.26. The van der Waals surface area contributed by atoms with Gasteiger partial charge >= 0.3 is 5.69 Å². The molecule has 0 saturated heterocycles. The summed E-state index contributed by atoms with van der Waals surface area (Å²) in [4.78, 5) is 38.3. The molecule has 1 aliphatic carbocycles. The number of aromatic hydroxyl groups is 1. The highest BCUT2D eigenvalue weighted by Crippen LogP contribution is 2.19. The average Bonchev–Trinajstić information content (AvgIpc) is 2.47. The molecule has 0 aromatic carbocycles. The van der Waals surface area contributed by atoms with E-state index in [1.54, 1.807) is 0 Å². The monoisotopic (exact) mass is 323 g/mol. The molecule has 1 fully saturated rings. The van der Waals surface area contributed by atoms with E-state index in [1.165, 1.54) is 0 Å². The van der Waals surface area contributed by atoms with Crippen molar-refractivity contribution in [2.45, 2.75) is 65.0 Å². The summed E-state index contributed by atoms with van der Waals surface area (Å²) in [6, 6.07) is 0.0195. The van der Waals surface area contributed by atoms with Crippen LogP contribution in [0.1, 0.15) is 62.7 Å². The number of nitrogens with zero attached hydrogens (tertiary/aromatic N) is 1. The van der Waals surface area contributed by atoms with Crippen LogP contribution in [0.3, 0.4) is 0 Å². The first kappa shape index (κ1) is 17.3. The number of hydrogen-bond acceptors (Lipinski definition) is 4. The van der Waals surface area contributed by atoms with Crippen molar-refractivity contribution in [2.24, 2.45) is 5.92 Å². The Labute approximate surface area is 134 Å². The molecule has 0 unspecified atom stereocenters. The van der Waals surface area contributed by atoms with Crippen LogP contribution in [0.5, 0.6) is 5.88 Å². The number of aromatic amines is 1. The molecule has 1 heterocycles. The molecule has 7 heteroatoms. The highest BCUT2D eigenvalue weighted by Gasteiger charge is 2.24. The molecule has 1 aliphatic rings. The van der Waals surface area contributed by atoms with Crippen molar-refractivity contribution in [1.29, 1.82) is 0 Å². The molecule has 1 aromatic rings. The van der Waals surface area contributed by atoms with Gasteiger partial charge in [-0.1, -0.05) is 33.1 Å². The van der Waals surface area contributed by atoms with Crippen LogP contribution < -0.4 is 16.6 Å². The molecular weight excluding hydrogens is 298 g/mol. The van der Waals surface area contributed by atoms with E-state index in [0.29, 0.717) is 12.3 Å². The van der Waals surface area contributed by atoms with Crippen LogP contribution in [0.4, 0.5) is 0 Å². The van der Waals surface area contributed by atoms with Crippen LogP contribution in [0.25, 0.3) is 0 Å². The van der Waals surface area contributed by atoms with Crippen molar-refractivity contribution >= 4 is 5.91 Å². The molecule has 0 bridgehead atoms. The summed E-state index contributed by atoms with van der Waals surface area (Å²) in [5.41, 5.74) is -1.91. The Hall–Kier alpha value is -2.05. The van der Waals surface area contributed by atoms with E-state index in [-0.39, 0.29) is 18.2 Å². The van der Waals surface area contributed by atoms with Crippen molar-refractivity contribution in [3.63, 3.8) is 0 Å². The van der Waals surface area contributed by atoms with Gasteiger partial charge in [0.1, 0.15) is 0 Å². The van der Waals surface area contributed by atoms with Crippen LogP contribution in [0, 0.1) is 5.92 Å².